The molecule has 0 saturated heterocycles. The van der Waals surface area contributed by atoms with Crippen molar-refractivity contribution >= 4 is 18.5 Å². The summed E-state index contributed by atoms with van der Waals surface area (Å²) in [5.41, 5.74) is -2.05. The van der Waals surface area contributed by atoms with Crippen molar-refractivity contribution in [3.63, 3.8) is 0 Å². The summed E-state index contributed by atoms with van der Waals surface area (Å²) in [6.45, 7) is 5.57. The van der Waals surface area contributed by atoms with Crippen LogP contribution in [0.15, 0.2) is 10.2 Å². The molecule has 0 rings (SSSR count). The monoisotopic (exact) mass is 421 g/mol. The summed E-state index contributed by atoms with van der Waals surface area (Å²) in [5.74, 6) is 0.933. The van der Waals surface area contributed by atoms with E-state index in [4.69, 9.17) is 5.26 Å². The Kier molecular flexibility index (Phi) is 15.3. The Balaban J connectivity index is 3.79. The zero-order valence-corrected chi connectivity index (χ0v) is 19.4. The van der Waals surface area contributed by atoms with Crippen LogP contribution in [0.3, 0.4) is 0 Å². The molecule has 0 aliphatic carbocycles. The summed E-state index contributed by atoms with van der Waals surface area (Å²) in [6.07, 6.45) is 12.9. The number of azo groups is 1. The molecule has 0 saturated carbocycles. The van der Waals surface area contributed by atoms with Crippen LogP contribution in [0.25, 0.3) is 0 Å². The van der Waals surface area contributed by atoms with Crippen LogP contribution in [-0.2, 0) is 4.79 Å². The molecule has 7 heteroatoms. The number of hydrogen-bond acceptors (Lipinski definition) is 6. The highest BCUT2D eigenvalue weighted by Gasteiger charge is 2.26. The largest absolute Gasteiger partial charge is 0.356 e. The summed E-state index contributed by atoms with van der Waals surface area (Å²) in [6, 6.07) is 4.11. The molecular weight excluding hydrogens is 382 g/mol. The van der Waals surface area contributed by atoms with Crippen molar-refractivity contribution in [2.75, 3.05) is 12.3 Å². The lowest BCUT2D eigenvalue weighted by Gasteiger charge is -2.17. The summed E-state index contributed by atoms with van der Waals surface area (Å²) in [5, 5.41) is 29.2. The first-order valence-corrected chi connectivity index (χ1v) is 11.6. The number of hydrogen-bond donors (Lipinski definition) is 2. The average molecular weight is 422 g/mol. The molecule has 6 nitrogen and oxygen atoms in total. The molecule has 0 aromatic heterocycles. The van der Waals surface area contributed by atoms with Gasteiger partial charge in [-0.05, 0) is 45.8 Å². The van der Waals surface area contributed by atoms with E-state index in [9.17, 15) is 10.1 Å². The molecule has 0 bridgehead atoms. The molecule has 1 atom stereocenters. The second-order valence-corrected chi connectivity index (χ2v) is 8.81. The Labute approximate surface area is 183 Å². The molecule has 0 aromatic carbocycles. The SMILES string of the molecule is CC(C)(C#N)N=NC(C)(C#N)CCC(=O)NCCCCCCCCCCCCS. The van der Waals surface area contributed by atoms with Crippen LogP contribution in [0.4, 0.5) is 0 Å². The fourth-order valence-electron chi connectivity index (χ4n) is 2.71. The van der Waals surface area contributed by atoms with Gasteiger partial charge in [0.25, 0.3) is 0 Å². The molecule has 0 aliphatic rings. The van der Waals surface area contributed by atoms with Gasteiger partial charge in [0.05, 0.1) is 12.1 Å². The van der Waals surface area contributed by atoms with Gasteiger partial charge in [0.1, 0.15) is 0 Å². The molecule has 1 unspecified atom stereocenters. The van der Waals surface area contributed by atoms with Crippen molar-refractivity contribution in [2.24, 2.45) is 10.2 Å². The molecule has 164 valence electrons. The first-order chi connectivity index (χ1) is 13.8. The van der Waals surface area contributed by atoms with E-state index in [0.717, 1.165) is 18.6 Å². The predicted molar refractivity (Wildman–Crippen MR) is 121 cm³/mol. The van der Waals surface area contributed by atoms with Gasteiger partial charge in [0, 0.05) is 13.0 Å². The fourth-order valence-corrected chi connectivity index (χ4v) is 2.93. The lowest BCUT2D eigenvalue weighted by atomic mass is 9.98. The number of amides is 1. The minimum Gasteiger partial charge on any atom is -0.356 e. The van der Waals surface area contributed by atoms with Crippen LogP contribution in [0, 0.1) is 22.7 Å². The maximum Gasteiger partial charge on any atom is 0.220 e. The lowest BCUT2D eigenvalue weighted by molar-refractivity contribution is -0.121. The van der Waals surface area contributed by atoms with E-state index in [1.54, 1.807) is 20.8 Å². The highest BCUT2D eigenvalue weighted by Crippen LogP contribution is 2.20. The Hall–Kier alpha value is -1.60. The molecule has 0 spiro atoms. The fraction of sp³-hybridized carbons (Fsp3) is 0.864. The van der Waals surface area contributed by atoms with Crippen molar-refractivity contribution in [3.8, 4) is 12.1 Å². The normalized spacial score (nSPS) is 13.6. The summed E-state index contributed by atoms with van der Waals surface area (Å²) in [4.78, 5) is 12.0. The summed E-state index contributed by atoms with van der Waals surface area (Å²) >= 11 is 4.23. The molecule has 0 fully saturated rings. The highest BCUT2D eigenvalue weighted by molar-refractivity contribution is 7.80. The summed E-state index contributed by atoms with van der Waals surface area (Å²) < 4.78 is 0. The van der Waals surface area contributed by atoms with Gasteiger partial charge in [0.2, 0.25) is 5.91 Å². The van der Waals surface area contributed by atoms with E-state index in [1.165, 1.54) is 51.4 Å². The Bertz CT molecular complexity index is 565. The van der Waals surface area contributed by atoms with E-state index in [0.29, 0.717) is 6.54 Å². The lowest BCUT2D eigenvalue weighted by Crippen LogP contribution is -2.28. The zero-order chi connectivity index (χ0) is 22.0. The second kappa shape index (κ2) is 16.2. The van der Waals surface area contributed by atoms with Gasteiger partial charge in [-0.2, -0.15) is 33.4 Å². The number of rotatable bonds is 17. The van der Waals surface area contributed by atoms with Crippen molar-refractivity contribution in [2.45, 2.75) is 109 Å². The third-order valence-electron chi connectivity index (χ3n) is 4.78. The van der Waals surface area contributed by atoms with Gasteiger partial charge in [-0.15, -0.1) is 0 Å². The van der Waals surface area contributed by atoms with Crippen LogP contribution in [0.2, 0.25) is 0 Å². The van der Waals surface area contributed by atoms with Crippen molar-refractivity contribution in [1.29, 1.82) is 10.5 Å². The van der Waals surface area contributed by atoms with Crippen LogP contribution in [0.5, 0.6) is 0 Å². The molecule has 0 aliphatic heterocycles. The Morgan fingerprint density at radius 2 is 1.38 bits per heavy atom. The number of nitrogens with one attached hydrogen (secondary N) is 1. The highest BCUT2D eigenvalue weighted by atomic mass is 32.1. The van der Waals surface area contributed by atoms with Crippen molar-refractivity contribution in [3.05, 3.63) is 0 Å². The van der Waals surface area contributed by atoms with Crippen molar-refractivity contribution < 1.29 is 4.79 Å². The topological polar surface area (TPSA) is 101 Å². The number of carbonyl (C=O) groups is 1. The number of nitriles is 2. The molecule has 0 aromatic rings. The van der Waals surface area contributed by atoms with Gasteiger partial charge in [-0.3, -0.25) is 4.79 Å². The van der Waals surface area contributed by atoms with Crippen molar-refractivity contribution in [1.82, 2.24) is 5.32 Å². The molecule has 1 N–H and O–H groups in total. The van der Waals surface area contributed by atoms with Crippen LogP contribution in [0.1, 0.15) is 97.8 Å². The third-order valence-corrected chi connectivity index (χ3v) is 5.10. The van der Waals surface area contributed by atoms with E-state index in [2.05, 4.69) is 34.2 Å². The third kappa shape index (κ3) is 15.9. The number of carbonyl (C=O) groups excluding carboxylic acids is 1. The molecule has 0 radical (unpaired) electrons. The average Bonchev–Trinajstić information content (AvgIpc) is 2.71. The maximum absolute atomic E-state index is 12.0. The van der Waals surface area contributed by atoms with Gasteiger partial charge in [0.15, 0.2) is 11.1 Å². The minimum absolute atomic E-state index is 0.0672. The minimum atomic E-state index is -1.09. The summed E-state index contributed by atoms with van der Waals surface area (Å²) in [7, 11) is 0. The van der Waals surface area contributed by atoms with E-state index >= 15 is 0 Å². The van der Waals surface area contributed by atoms with E-state index in [1.807, 2.05) is 6.07 Å². The second-order valence-electron chi connectivity index (χ2n) is 8.37. The molecular formula is C22H39N5OS. The number of nitrogens with zero attached hydrogens (tertiary/aromatic N) is 4. The van der Waals surface area contributed by atoms with E-state index in [-0.39, 0.29) is 18.7 Å². The maximum atomic E-state index is 12.0. The van der Waals surface area contributed by atoms with Gasteiger partial charge < -0.3 is 5.32 Å². The molecule has 1 amide bonds. The number of thiol groups is 1. The smallest absolute Gasteiger partial charge is 0.220 e. The quantitative estimate of drug-likeness (QED) is 0.177. The molecule has 0 heterocycles. The predicted octanol–water partition coefficient (Wildman–Crippen LogP) is 5.75. The number of unbranched alkanes of at least 4 members (excludes halogenated alkanes) is 9. The van der Waals surface area contributed by atoms with Gasteiger partial charge in [-0.25, -0.2) is 0 Å². The molecule has 29 heavy (non-hydrogen) atoms. The Morgan fingerprint density at radius 1 is 0.862 bits per heavy atom. The zero-order valence-electron chi connectivity index (χ0n) is 18.5. The van der Waals surface area contributed by atoms with Gasteiger partial charge in [-0.1, -0.05) is 51.4 Å². The van der Waals surface area contributed by atoms with Crippen LogP contribution < -0.4 is 5.32 Å². The van der Waals surface area contributed by atoms with E-state index < -0.39 is 11.1 Å². The van der Waals surface area contributed by atoms with Crippen LogP contribution in [-0.4, -0.2) is 29.3 Å². The first kappa shape index (κ1) is 27.4. The van der Waals surface area contributed by atoms with Gasteiger partial charge >= 0.3 is 0 Å². The standard InChI is InChI=1S/C22H39N5OS/c1-21(2,18-23)26-27-22(3,19-24)15-14-20(28)25-16-12-10-8-6-4-5-7-9-11-13-17-29/h29H,4-17H2,1-3H3,(H,25,28). The van der Waals surface area contributed by atoms with Crippen LogP contribution >= 0.6 is 12.6 Å². The Morgan fingerprint density at radius 3 is 1.86 bits per heavy atom. The first-order valence-electron chi connectivity index (χ1n) is 10.9.